The summed E-state index contributed by atoms with van der Waals surface area (Å²) < 4.78 is 0. The van der Waals surface area contributed by atoms with Crippen LogP contribution in [0.5, 0.6) is 0 Å². The van der Waals surface area contributed by atoms with Crippen LogP contribution in [0, 0.1) is 5.92 Å². The summed E-state index contributed by atoms with van der Waals surface area (Å²) in [5.74, 6) is 0.444. The Labute approximate surface area is 142 Å². The van der Waals surface area contributed by atoms with E-state index in [-0.39, 0.29) is 17.8 Å². The van der Waals surface area contributed by atoms with Gasteiger partial charge in [0.25, 0.3) is 5.91 Å². The molecule has 0 bridgehead atoms. The zero-order valence-electron chi connectivity index (χ0n) is 14.1. The second-order valence-electron chi connectivity index (χ2n) is 6.63. The Hall–Kier alpha value is -2.50. The summed E-state index contributed by atoms with van der Waals surface area (Å²) in [6.45, 7) is 4.86. The molecule has 0 fully saturated rings. The first kappa shape index (κ1) is 16.4. The molecule has 0 aromatic carbocycles. The molecule has 6 nitrogen and oxygen atoms in total. The van der Waals surface area contributed by atoms with Crippen LogP contribution in [0.3, 0.4) is 0 Å². The monoisotopic (exact) mass is 325 g/mol. The minimum atomic E-state index is -0.120. The van der Waals surface area contributed by atoms with Crippen LogP contribution in [-0.4, -0.2) is 32.3 Å². The Kier molecular flexibility index (Phi) is 4.74. The molecular weight excluding hydrogens is 302 g/mol. The van der Waals surface area contributed by atoms with Gasteiger partial charge in [-0.05, 0) is 36.8 Å². The third kappa shape index (κ3) is 3.22. The fourth-order valence-electron chi connectivity index (χ4n) is 3.29. The number of fused-ring (bicyclic) bond motifs is 1. The molecule has 1 atom stereocenters. The lowest BCUT2D eigenvalue weighted by Crippen LogP contribution is -2.40. The van der Waals surface area contributed by atoms with Gasteiger partial charge < -0.3 is 10.6 Å². The number of hydrogen-bond acceptors (Lipinski definition) is 5. The molecule has 6 heteroatoms. The molecule has 3 rings (SSSR count). The summed E-state index contributed by atoms with van der Waals surface area (Å²) in [5.41, 5.74) is 8.50. The molecule has 2 N–H and O–H groups in total. The van der Waals surface area contributed by atoms with Crippen molar-refractivity contribution < 1.29 is 4.79 Å². The SMILES string of the molecule is CC(C)CN(C(=O)c1cncnc1N)[C@@H]1CCCc2cccnc21. The highest BCUT2D eigenvalue weighted by Crippen LogP contribution is 2.34. The van der Waals surface area contributed by atoms with Crippen LogP contribution in [0.25, 0.3) is 0 Å². The van der Waals surface area contributed by atoms with Gasteiger partial charge in [0.15, 0.2) is 0 Å². The Morgan fingerprint density at radius 2 is 2.25 bits per heavy atom. The van der Waals surface area contributed by atoms with Gasteiger partial charge in [0.2, 0.25) is 0 Å². The summed E-state index contributed by atoms with van der Waals surface area (Å²) in [6, 6.07) is 4.04. The van der Waals surface area contributed by atoms with E-state index < -0.39 is 0 Å². The van der Waals surface area contributed by atoms with Crippen LogP contribution in [0.2, 0.25) is 0 Å². The van der Waals surface area contributed by atoms with Crippen molar-refractivity contribution in [3.8, 4) is 0 Å². The Morgan fingerprint density at radius 1 is 1.42 bits per heavy atom. The predicted molar refractivity (Wildman–Crippen MR) is 92.2 cm³/mol. The van der Waals surface area contributed by atoms with E-state index in [1.807, 2.05) is 11.0 Å². The van der Waals surface area contributed by atoms with Gasteiger partial charge >= 0.3 is 0 Å². The fraction of sp³-hybridized carbons (Fsp3) is 0.444. The normalized spacial score (nSPS) is 16.7. The number of pyridine rings is 1. The molecule has 0 unspecified atom stereocenters. The number of amides is 1. The van der Waals surface area contributed by atoms with Crippen molar-refractivity contribution in [3.63, 3.8) is 0 Å². The molecule has 2 aromatic heterocycles. The maximum atomic E-state index is 13.1. The summed E-state index contributed by atoms with van der Waals surface area (Å²) in [5, 5.41) is 0. The van der Waals surface area contributed by atoms with E-state index in [1.54, 1.807) is 6.20 Å². The van der Waals surface area contributed by atoms with Crippen LogP contribution in [0.4, 0.5) is 5.82 Å². The first-order chi connectivity index (χ1) is 11.6. The number of nitrogens with two attached hydrogens (primary N) is 1. The highest BCUT2D eigenvalue weighted by atomic mass is 16.2. The van der Waals surface area contributed by atoms with Gasteiger partial charge in [0.1, 0.15) is 17.7 Å². The van der Waals surface area contributed by atoms with Crippen LogP contribution in [0.1, 0.15) is 54.3 Å². The average molecular weight is 325 g/mol. The van der Waals surface area contributed by atoms with Gasteiger partial charge in [0, 0.05) is 18.9 Å². The highest BCUT2D eigenvalue weighted by molar-refractivity contribution is 5.98. The first-order valence-electron chi connectivity index (χ1n) is 8.38. The standard InChI is InChI=1S/C18H23N5O/c1-12(2)10-23(18(24)14-9-20-11-22-17(14)19)15-7-3-5-13-6-4-8-21-16(13)15/h4,6,8-9,11-12,15H,3,5,7,10H2,1-2H3,(H2,19,20,22)/t15-/m1/s1. The molecule has 0 radical (unpaired) electrons. The van der Waals surface area contributed by atoms with Gasteiger partial charge in [-0.25, -0.2) is 9.97 Å². The minimum absolute atomic E-state index is 0.0237. The molecule has 2 aromatic rings. The molecule has 1 aliphatic rings. The Balaban J connectivity index is 1.99. The van der Waals surface area contributed by atoms with Crippen LogP contribution >= 0.6 is 0 Å². The van der Waals surface area contributed by atoms with E-state index in [9.17, 15) is 4.79 Å². The summed E-state index contributed by atoms with van der Waals surface area (Å²) in [4.78, 5) is 27.5. The predicted octanol–water partition coefficient (Wildman–Crippen LogP) is 2.63. The summed E-state index contributed by atoms with van der Waals surface area (Å²) in [7, 11) is 0. The highest BCUT2D eigenvalue weighted by Gasteiger charge is 2.32. The van der Waals surface area contributed by atoms with E-state index >= 15 is 0 Å². The topological polar surface area (TPSA) is 85.0 Å². The fourth-order valence-corrected chi connectivity index (χ4v) is 3.29. The largest absolute Gasteiger partial charge is 0.383 e. The number of carbonyl (C=O) groups is 1. The molecule has 2 heterocycles. The van der Waals surface area contributed by atoms with Crippen molar-refractivity contribution >= 4 is 11.7 Å². The number of nitrogen functional groups attached to an aromatic ring is 1. The van der Waals surface area contributed by atoms with Crippen molar-refractivity contribution in [1.82, 2.24) is 19.9 Å². The van der Waals surface area contributed by atoms with Gasteiger partial charge in [0.05, 0.1) is 11.7 Å². The van der Waals surface area contributed by atoms with Crippen LogP contribution in [-0.2, 0) is 6.42 Å². The zero-order valence-corrected chi connectivity index (χ0v) is 14.1. The molecule has 1 amide bonds. The Morgan fingerprint density at radius 3 is 3.00 bits per heavy atom. The number of carbonyl (C=O) groups excluding carboxylic acids is 1. The number of anilines is 1. The van der Waals surface area contributed by atoms with E-state index in [2.05, 4.69) is 34.9 Å². The third-order valence-electron chi connectivity index (χ3n) is 4.34. The lowest BCUT2D eigenvalue weighted by molar-refractivity contribution is 0.0623. The number of hydrogen-bond donors (Lipinski definition) is 1. The van der Waals surface area contributed by atoms with E-state index in [0.29, 0.717) is 18.0 Å². The van der Waals surface area contributed by atoms with Gasteiger partial charge in [-0.2, -0.15) is 0 Å². The van der Waals surface area contributed by atoms with Gasteiger partial charge in [-0.3, -0.25) is 9.78 Å². The number of aryl methyl sites for hydroxylation is 1. The lowest BCUT2D eigenvalue weighted by Gasteiger charge is -2.36. The molecule has 126 valence electrons. The van der Waals surface area contributed by atoms with Crippen molar-refractivity contribution in [3.05, 3.63) is 47.7 Å². The molecule has 1 aliphatic carbocycles. The maximum absolute atomic E-state index is 13.1. The summed E-state index contributed by atoms with van der Waals surface area (Å²) >= 11 is 0. The lowest BCUT2D eigenvalue weighted by atomic mass is 9.90. The van der Waals surface area contributed by atoms with Gasteiger partial charge in [-0.15, -0.1) is 0 Å². The molecule has 24 heavy (non-hydrogen) atoms. The number of aromatic nitrogens is 3. The summed E-state index contributed by atoms with van der Waals surface area (Å²) in [6.07, 6.45) is 7.63. The molecule has 0 aliphatic heterocycles. The minimum Gasteiger partial charge on any atom is -0.383 e. The molecule has 0 spiro atoms. The molecule has 0 saturated carbocycles. The first-order valence-corrected chi connectivity index (χ1v) is 8.38. The Bertz CT molecular complexity index is 731. The van der Waals surface area contributed by atoms with Crippen molar-refractivity contribution in [2.45, 2.75) is 39.2 Å². The smallest absolute Gasteiger partial charge is 0.259 e. The molecule has 0 saturated heterocycles. The number of nitrogens with zero attached hydrogens (tertiary/aromatic N) is 4. The van der Waals surface area contributed by atoms with Crippen LogP contribution in [0.15, 0.2) is 30.9 Å². The molecular formula is C18H23N5O. The maximum Gasteiger partial charge on any atom is 0.259 e. The van der Waals surface area contributed by atoms with E-state index in [0.717, 1.165) is 25.0 Å². The van der Waals surface area contributed by atoms with Crippen molar-refractivity contribution in [2.24, 2.45) is 5.92 Å². The van der Waals surface area contributed by atoms with Crippen molar-refractivity contribution in [2.75, 3.05) is 12.3 Å². The average Bonchev–Trinajstić information content (AvgIpc) is 2.59. The van der Waals surface area contributed by atoms with Crippen molar-refractivity contribution in [1.29, 1.82) is 0 Å². The quantitative estimate of drug-likeness (QED) is 0.934. The van der Waals surface area contributed by atoms with Gasteiger partial charge in [-0.1, -0.05) is 19.9 Å². The van der Waals surface area contributed by atoms with E-state index in [1.165, 1.54) is 18.1 Å². The van der Waals surface area contributed by atoms with E-state index in [4.69, 9.17) is 5.73 Å². The number of rotatable bonds is 4. The second kappa shape index (κ2) is 6.95. The second-order valence-corrected chi connectivity index (χ2v) is 6.63. The third-order valence-corrected chi connectivity index (χ3v) is 4.34. The van der Waals surface area contributed by atoms with Crippen LogP contribution < -0.4 is 5.73 Å². The zero-order chi connectivity index (χ0) is 17.1.